The largest absolute Gasteiger partial charge is 0.317 e. The summed E-state index contributed by atoms with van der Waals surface area (Å²) in [5.74, 6) is 0. The first-order valence-corrected chi connectivity index (χ1v) is 7.50. The van der Waals surface area contributed by atoms with E-state index >= 15 is 0 Å². The molecule has 3 rings (SSSR count). The first-order chi connectivity index (χ1) is 9.93. The highest BCUT2D eigenvalue weighted by molar-refractivity contribution is 5.31. The minimum Gasteiger partial charge on any atom is -0.317 e. The maximum atomic E-state index is 3.85. The molecule has 0 saturated carbocycles. The summed E-state index contributed by atoms with van der Waals surface area (Å²) in [6.07, 6.45) is 2.41. The van der Waals surface area contributed by atoms with Gasteiger partial charge in [-0.25, -0.2) is 0 Å². The van der Waals surface area contributed by atoms with Crippen LogP contribution in [0.2, 0.25) is 0 Å². The molecule has 0 bridgehead atoms. The van der Waals surface area contributed by atoms with E-state index in [4.69, 9.17) is 0 Å². The van der Waals surface area contributed by atoms with E-state index in [1.165, 1.54) is 24.0 Å². The van der Waals surface area contributed by atoms with Crippen molar-refractivity contribution in [3.63, 3.8) is 0 Å². The molecule has 104 valence electrons. The van der Waals surface area contributed by atoms with Crippen molar-refractivity contribution in [2.75, 3.05) is 13.1 Å². The Morgan fingerprint density at radius 2 is 1.30 bits per heavy atom. The smallest absolute Gasteiger partial charge is 0.0578 e. The number of hydrogen-bond donors (Lipinski definition) is 2. The Morgan fingerprint density at radius 3 is 1.80 bits per heavy atom. The van der Waals surface area contributed by atoms with Crippen LogP contribution in [0, 0.1) is 0 Å². The highest BCUT2D eigenvalue weighted by atomic mass is 15.0. The molecule has 0 spiro atoms. The minimum absolute atomic E-state index is 0.292. The molecule has 1 aliphatic rings. The molecule has 1 fully saturated rings. The first-order valence-electron chi connectivity index (χ1n) is 7.50. The molecule has 0 unspecified atom stereocenters. The lowest BCUT2D eigenvalue weighted by Crippen LogP contribution is -2.41. The zero-order valence-electron chi connectivity index (χ0n) is 11.8. The van der Waals surface area contributed by atoms with Crippen LogP contribution in [0.4, 0.5) is 0 Å². The first kappa shape index (κ1) is 13.3. The second-order valence-electron chi connectivity index (χ2n) is 5.45. The lowest BCUT2D eigenvalue weighted by atomic mass is 9.96. The second kappa shape index (κ2) is 6.69. The van der Waals surface area contributed by atoms with Crippen LogP contribution in [0.1, 0.15) is 30.0 Å². The van der Waals surface area contributed by atoms with Gasteiger partial charge in [-0.2, -0.15) is 0 Å². The van der Waals surface area contributed by atoms with Crippen LogP contribution in [0.25, 0.3) is 0 Å². The maximum Gasteiger partial charge on any atom is 0.0578 e. The van der Waals surface area contributed by atoms with Crippen LogP contribution >= 0.6 is 0 Å². The molecule has 0 aliphatic carbocycles. The molecular weight excluding hydrogens is 244 g/mol. The van der Waals surface area contributed by atoms with Crippen LogP contribution < -0.4 is 10.6 Å². The standard InChI is InChI=1S/C18H22N2/c1-3-7-15(8-4-1)18(16-9-5-2-6-10-16)20-17-11-13-19-14-12-17/h1-10,17-20H,11-14H2. The van der Waals surface area contributed by atoms with E-state index in [0.717, 1.165) is 13.1 Å². The Balaban J connectivity index is 1.83. The quantitative estimate of drug-likeness (QED) is 0.888. The molecule has 1 saturated heterocycles. The van der Waals surface area contributed by atoms with Gasteiger partial charge in [0.05, 0.1) is 6.04 Å². The van der Waals surface area contributed by atoms with E-state index in [1.807, 2.05) is 0 Å². The van der Waals surface area contributed by atoms with Gasteiger partial charge in [-0.15, -0.1) is 0 Å². The molecule has 0 radical (unpaired) electrons. The molecule has 1 aliphatic heterocycles. The predicted octanol–water partition coefficient (Wildman–Crippen LogP) is 3.12. The summed E-state index contributed by atoms with van der Waals surface area (Å²) in [7, 11) is 0. The highest BCUT2D eigenvalue weighted by Gasteiger charge is 2.20. The molecule has 2 nitrogen and oxygen atoms in total. The second-order valence-corrected chi connectivity index (χ2v) is 5.45. The van der Waals surface area contributed by atoms with Crippen molar-refractivity contribution < 1.29 is 0 Å². The van der Waals surface area contributed by atoms with E-state index in [2.05, 4.69) is 71.3 Å². The monoisotopic (exact) mass is 266 g/mol. The lowest BCUT2D eigenvalue weighted by Gasteiger charge is -2.29. The Labute approximate surface area is 121 Å². The summed E-state index contributed by atoms with van der Waals surface area (Å²) in [6.45, 7) is 2.24. The average molecular weight is 266 g/mol. The fourth-order valence-electron chi connectivity index (χ4n) is 2.90. The van der Waals surface area contributed by atoms with E-state index in [0.29, 0.717) is 12.1 Å². The number of nitrogens with one attached hydrogen (secondary N) is 2. The number of benzene rings is 2. The van der Waals surface area contributed by atoms with Crippen LogP contribution in [0.15, 0.2) is 60.7 Å². The van der Waals surface area contributed by atoms with Crippen molar-refractivity contribution in [2.45, 2.75) is 24.9 Å². The Kier molecular flexibility index (Phi) is 4.46. The highest BCUT2D eigenvalue weighted by Crippen LogP contribution is 2.23. The maximum absolute atomic E-state index is 3.85. The molecule has 2 N–H and O–H groups in total. The topological polar surface area (TPSA) is 24.1 Å². The van der Waals surface area contributed by atoms with E-state index < -0.39 is 0 Å². The van der Waals surface area contributed by atoms with Gasteiger partial charge in [-0.3, -0.25) is 0 Å². The van der Waals surface area contributed by atoms with Crippen LogP contribution in [0.5, 0.6) is 0 Å². The van der Waals surface area contributed by atoms with Crippen molar-refractivity contribution in [1.29, 1.82) is 0 Å². The molecule has 0 aromatic heterocycles. The molecule has 1 heterocycles. The summed E-state index contributed by atoms with van der Waals surface area (Å²) < 4.78 is 0. The van der Waals surface area contributed by atoms with Gasteiger partial charge in [0.15, 0.2) is 0 Å². The molecule has 0 amide bonds. The van der Waals surface area contributed by atoms with E-state index in [-0.39, 0.29) is 0 Å². The van der Waals surface area contributed by atoms with Crippen molar-refractivity contribution in [1.82, 2.24) is 10.6 Å². The summed E-state index contributed by atoms with van der Waals surface area (Å²) >= 11 is 0. The van der Waals surface area contributed by atoms with Gasteiger partial charge in [0.2, 0.25) is 0 Å². The zero-order valence-corrected chi connectivity index (χ0v) is 11.8. The molecule has 0 atom stereocenters. The number of piperidine rings is 1. The third kappa shape index (κ3) is 3.27. The molecule has 2 heteroatoms. The van der Waals surface area contributed by atoms with Gasteiger partial charge in [0.25, 0.3) is 0 Å². The van der Waals surface area contributed by atoms with Gasteiger partial charge >= 0.3 is 0 Å². The zero-order chi connectivity index (χ0) is 13.6. The van der Waals surface area contributed by atoms with E-state index in [9.17, 15) is 0 Å². The van der Waals surface area contributed by atoms with Crippen LogP contribution in [-0.4, -0.2) is 19.1 Å². The predicted molar refractivity (Wildman–Crippen MR) is 83.8 cm³/mol. The van der Waals surface area contributed by atoms with Gasteiger partial charge in [0, 0.05) is 6.04 Å². The third-order valence-corrected chi connectivity index (χ3v) is 4.01. The van der Waals surface area contributed by atoms with Gasteiger partial charge in [-0.05, 0) is 37.1 Å². The van der Waals surface area contributed by atoms with Crippen LogP contribution in [-0.2, 0) is 0 Å². The Bertz CT molecular complexity index is 464. The van der Waals surface area contributed by atoms with Crippen molar-refractivity contribution in [2.24, 2.45) is 0 Å². The Morgan fingerprint density at radius 1 is 0.800 bits per heavy atom. The Hall–Kier alpha value is -1.64. The fraction of sp³-hybridized carbons (Fsp3) is 0.333. The fourth-order valence-corrected chi connectivity index (χ4v) is 2.90. The summed E-state index contributed by atoms with van der Waals surface area (Å²) in [5.41, 5.74) is 2.69. The minimum atomic E-state index is 0.292. The average Bonchev–Trinajstić information content (AvgIpc) is 2.55. The lowest BCUT2D eigenvalue weighted by molar-refractivity contribution is 0.367. The van der Waals surface area contributed by atoms with Crippen molar-refractivity contribution in [3.05, 3.63) is 71.8 Å². The van der Waals surface area contributed by atoms with Gasteiger partial charge in [-0.1, -0.05) is 60.7 Å². The van der Waals surface area contributed by atoms with Gasteiger partial charge in [0.1, 0.15) is 0 Å². The summed E-state index contributed by atoms with van der Waals surface area (Å²) in [6, 6.07) is 22.4. The third-order valence-electron chi connectivity index (χ3n) is 4.01. The number of rotatable bonds is 4. The van der Waals surface area contributed by atoms with E-state index in [1.54, 1.807) is 0 Å². The summed E-state index contributed by atoms with van der Waals surface area (Å²) in [4.78, 5) is 0. The van der Waals surface area contributed by atoms with Gasteiger partial charge < -0.3 is 10.6 Å². The van der Waals surface area contributed by atoms with Crippen molar-refractivity contribution >= 4 is 0 Å². The molecule has 2 aromatic carbocycles. The molecular formula is C18H22N2. The van der Waals surface area contributed by atoms with Crippen molar-refractivity contribution in [3.8, 4) is 0 Å². The SMILES string of the molecule is c1ccc(C(NC2CCNCC2)c2ccccc2)cc1. The summed E-state index contributed by atoms with van der Waals surface area (Å²) in [5, 5.41) is 7.28. The number of hydrogen-bond acceptors (Lipinski definition) is 2. The van der Waals surface area contributed by atoms with Crippen LogP contribution in [0.3, 0.4) is 0 Å². The normalized spacial score (nSPS) is 16.4. The molecule has 20 heavy (non-hydrogen) atoms. The molecule has 2 aromatic rings.